The lowest BCUT2D eigenvalue weighted by molar-refractivity contribution is 0.206. The van der Waals surface area contributed by atoms with Crippen LogP contribution >= 0.6 is 0 Å². The molecule has 3 atom stereocenters. The predicted molar refractivity (Wildman–Crippen MR) is 55.3 cm³/mol. The molecule has 0 saturated carbocycles. The van der Waals surface area contributed by atoms with Gasteiger partial charge in [0.1, 0.15) is 0 Å². The Bertz CT molecular complexity index is 303. The first-order valence-electron chi connectivity index (χ1n) is 5.41. The fourth-order valence-electron chi connectivity index (χ4n) is 2.48. The summed E-state index contributed by atoms with van der Waals surface area (Å²) in [5, 5.41) is 9.19. The molecule has 0 aromatic carbocycles. The summed E-state index contributed by atoms with van der Waals surface area (Å²) < 4.78 is 5.28. The molecule has 0 saturated heterocycles. The smallest absolute Gasteiger partial charge is 0.0940 e. The van der Waals surface area contributed by atoms with Crippen molar-refractivity contribution in [2.45, 2.75) is 38.5 Å². The minimum Gasteiger partial charge on any atom is -0.472 e. The quantitative estimate of drug-likeness (QED) is 0.785. The maximum atomic E-state index is 9.19. The third-order valence-electron chi connectivity index (χ3n) is 3.54. The van der Waals surface area contributed by atoms with Gasteiger partial charge >= 0.3 is 0 Å². The van der Waals surface area contributed by atoms with Crippen LogP contribution in [0.3, 0.4) is 0 Å². The van der Waals surface area contributed by atoms with E-state index in [2.05, 4.69) is 13.8 Å². The van der Waals surface area contributed by atoms with Crippen LogP contribution in [0, 0.1) is 5.92 Å². The molecule has 0 spiro atoms. The van der Waals surface area contributed by atoms with Gasteiger partial charge in [-0.2, -0.15) is 0 Å². The molecule has 0 aliphatic heterocycles. The van der Waals surface area contributed by atoms with E-state index >= 15 is 0 Å². The zero-order valence-electron chi connectivity index (χ0n) is 8.86. The SMILES string of the molecule is C[C@H]1CC[C@H]([C@@H](C)CO)c2cocc21. The van der Waals surface area contributed by atoms with Crippen LogP contribution in [0.1, 0.15) is 49.7 Å². The van der Waals surface area contributed by atoms with E-state index in [0.717, 1.165) is 0 Å². The Morgan fingerprint density at radius 3 is 2.86 bits per heavy atom. The first kappa shape index (κ1) is 9.78. The number of fused-ring (bicyclic) bond motifs is 1. The Balaban J connectivity index is 2.29. The minimum atomic E-state index is 0.268. The standard InChI is InChI=1S/C12H18O2/c1-8-3-4-10(9(2)5-13)12-7-14-6-11(8)12/h6-10,13H,3-5H2,1-2H3/t8-,9-,10+/m0/s1. The highest BCUT2D eigenvalue weighted by molar-refractivity contribution is 5.31. The molecule has 78 valence electrons. The average Bonchev–Trinajstić information content (AvgIpc) is 2.67. The van der Waals surface area contributed by atoms with Crippen molar-refractivity contribution in [3.05, 3.63) is 23.7 Å². The monoisotopic (exact) mass is 194 g/mol. The van der Waals surface area contributed by atoms with Gasteiger partial charge in [0.2, 0.25) is 0 Å². The van der Waals surface area contributed by atoms with Crippen LogP contribution in [0.15, 0.2) is 16.9 Å². The average molecular weight is 194 g/mol. The van der Waals surface area contributed by atoms with E-state index < -0.39 is 0 Å². The molecule has 0 unspecified atom stereocenters. The van der Waals surface area contributed by atoms with E-state index in [-0.39, 0.29) is 6.61 Å². The second kappa shape index (κ2) is 3.77. The van der Waals surface area contributed by atoms with Crippen molar-refractivity contribution in [2.75, 3.05) is 6.61 Å². The summed E-state index contributed by atoms with van der Waals surface area (Å²) in [6.07, 6.45) is 6.12. The summed E-state index contributed by atoms with van der Waals surface area (Å²) in [6.45, 7) is 4.62. The molecule has 0 fully saturated rings. The van der Waals surface area contributed by atoms with Crippen LogP contribution in [0.5, 0.6) is 0 Å². The molecule has 1 aliphatic carbocycles. The molecule has 1 N–H and O–H groups in total. The summed E-state index contributed by atoms with van der Waals surface area (Å²) in [5.74, 6) is 1.45. The molecule has 1 aromatic heterocycles. The van der Waals surface area contributed by atoms with Crippen molar-refractivity contribution in [1.82, 2.24) is 0 Å². The third-order valence-corrected chi connectivity index (χ3v) is 3.54. The molecular formula is C12H18O2. The van der Waals surface area contributed by atoms with E-state index in [1.54, 1.807) is 0 Å². The van der Waals surface area contributed by atoms with Crippen LogP contribution in [0.2, 0.25) is 0 Å². The summed E-state index contributed by atoms with van der Waals surface area (Å²) >= 11 is 0. The number of aliphatic hydroxyl groups is 1. The van der Waals surface area contributed by atoms with Crippen molar-refractivity contribution in [3.8, 4) is 0 Å². The maximum Gasteiger partial charge on any atom is 0.0940 e. The molecule has 0 bridgehead atoms. The van der Waals surface area contributed by atoms with E-state index in [1.807, 2.05) is 12.5 Å². The molecule has 1 aromatic rings. The predicted octanol–water partition coefficient (Wildman–Crippen LogP) is 2.89. The number of hydrogen-bond acceptors (Lipinski definition) is 2. The second-order valence-electron chi connectivity index (χ2n) is 4.53. The highest BCUT2D eigenvalue weighted by Crippen LogP contribution is 2.42. The summed E-state index contributed by atoms with van der Waals surface area (Å²) in [5.41, 5.74) is 2.67. The highest BCUT2D eigenvalue weighted by atomic mass is 16.3. The molecular weight excluding hydrogens is 176 g/mol. The van der Waals surface area contributed by atoms with Crippen LogP contribution in [-0.4, -0.2) is 11.7 Å². The van der Waals surface area contributed by atoms with Gasteiger partial charge in [-0.1, -0.05) is 13.8 Å². The molecule has 2 nitrogen and oxygen atoms in total. The summed E-state index contributed by atoms with van der Waals surface area (Å²) in [6, 6.07) is 0. The minimum absolute atomic E-state index is 0.268. The number of hydrogen-bond donors (Lipinski definition) is 1. The van der Waals surface area contributed by atoms with Gasteiger partial charge in [0.05, 0.1) is 12.5 Å². The van der Waals surface area contributed by atoms with E-state index in [9.17, 15) is 5.11 Å². The lowest BCUT2D eigenvalue weighted by Gasteiger charge is -2.29. The largest absolute Gasteiger partial charge is 0.472 e. The molecule has 1 heterocycles. The zero-order chi connectivity index (χ0) is 10.1. The fraction of sp³-hybridized carbons (Fsp3) is 0.667. The Kier molecular flexibility index (Phi) is 2.64. The summed E-state index contributed by atoms with van der Waals surface area (Å²) in [7, 11) is 0. The fourth-order valence-corrected chi connectivity index (χ4v) is 2.48. The van der Waals surface area contributed by atoms with Crippen molar-refractivity contribution in [2.24, 2.45) is 5.92 Å². The maximum absolute atomic E-state index is 9.19. The molecule has 14 heavy (non-hydrogen) atoms. The summed E-state index contributed by atoms with van der Waals surface area (Å²) in [4.78, 5) is 0. The molecule has 0 amide bonds. The van der Waals surface area contributed by atoms with Crippen molar-refractivity contribution in [3.63, 3.8) is 0 Å². The van der Waals surface area contributed by atoms with Gasteiger partial charge in [-0.15, -0.1) is 0 Å². The Labute approximate surface area is 84.9 Å². The third kappa shape index (κ3) is 1.48. The first-order valence-corrected chi connectivity index (χ1v) is 5.41. The number of aliphatic hydroxyl groups excluding tert-OH is 1. The van der Waals surface area contributed by atoms with Gasteiger partial charge in [-0.25, -0.2) is 0 Å². The highest BCUT2D eigenvalue weighted by Gasteiger charge is 2.29. The van der Waals surface area contributed by atoms with Crippen LogP contribution < -0.4 is 0 Å². The van der Waals surface area contributed by atoms with Crippen molar-refractivity contribution >= 4 is 0 Å². The molecule has 2 heteroatoms. The van der Waals surface area contributed by atoms with Crippen LogP contribution in [0.4, 0.5) is 0 Å². The van der Waals surface area contributed by atoms with Crippen molar-refractivity contribution in [1.29, 1.82) is 0 Å². The topological polar surface area (TPSA) is 33.4 Å². The van der Waals surface area contributed by atoms with Gasteiger partial charge in [-0.3, -0.25) is 0 Å². The van der Waals surface area contributed by atoms with Gasteiger partial charge in [0.25, 0.3) is 0 Å². The van der Waals surface area contributed by atoms with E-state index in [4.69, 9.17) is 4.42 Å². The Hall–Kier alpha value is -0.760. The van der Waals surface area contributed by atoms with Gasteiger partial charge in [-0.05, 0) is 41.7 Å². The Morgan fingerprint density at radius 1 is 1.43 bits per heavy atom. The second-order valence-corrected chi connectivity index (χ2v) is 4.53. The molecule has 2 rings (SSSR count). The van der Waals surface area contributed by atoms with Crippen LogP contribution in [-0.2, 0) is 0 Å². The van der Waals surface area contributed by atoms with Crippen molar-refractivity contribution < 1.29 is 9.52 Å². The van der Waals surface area contributed by atoms with E-state index in [0.29, 0.717) is 17.8 Å². The van der Waals surface area contributed by atoms with Crippen LogP contribution in [0.25, 0.3) is 0 Å². The van der Waals surface area contributed by atoms with Gasteiger partial charge < -0.3 is 9.52 Å². The van der Waals surface area contributed by atoms with Gasteiger partial charge in [0.15, 0.2) is 0 Å². The molecule has 1 aliphatic rings. The normalized spacial score (nSPS) is 28.5. The lowest BCUT2D eigenvalue weighted by Crippen LogP contribution is -2.19. The number of furan rings is 1. The lowest BCUT2D eigenvalue weighted by atomic mass is 9.75. The van der Waals surface area contributed by atoms with Gasteiger partial charge in [0, 0.05) is 6.61 Å². The number of rotatable bonds is 2. The Morgan fingerprint density at radius 2 is 2.14 bits per heavy atom. The first-order chi connectivity index (χ1) is 6.74. The molecule has 0 radical (unpaired) electrons. The zero-order valence-corrected chi connectivity index (χ0v) is 8.86. The van der Waals surface area contributed by atoms with E-state index in [1.165, 1.54) is 24.0 Å².